The van der Waals surface area contributed by atoms with Crippen LogP contribution in [0.25, 0.3) is 0 Å². The number of hydrogen-bond donors (Lipinski definition) is 2. The van der Waals surface area contributed by atoms with E-state index in [0.29, 0.717) is 11.4 Å². The summed E-state index contributed by atoms with van der Waals surface area (Å²) in [5.41, 5.74) is 1.26. The molecule has 2 aromatic rings. The van der Waals surface area contributed by atoms with Crippen LogP contribution in [0.5, 0.6) is 5.75 Å². The number of benzene rings is 1. The van der Waals surface area contributed by atoms with Gasteiger partial charge in [0.05, 0.1) is 12.8 Å². The summed E-state index contributed by atoms with van der Waals surface area (Å²) in [6.45, 7) is 3.44. The van der Waals surface area contributed by atoms with Crippen molar-refractivity contribution in [3.05, 3.63) is 57.5 Å². The Balaban J connectivity index is 2.22. The average molecular weight is 330 g/mol. The second-order valence-corrected chi connectivity index (χ2v) is 5.30. The molecule has 2 N–H and O–H groups in total. The van der Waals surface area contributed by atoms with Crippen molar-refractivity contribution in [1.29, 1.82) is 0 Å². The van der Waals surface area contributed by atoms with Crippen molar-refractivity contribution in [2.75, 3.05) is 12.4 Å². The van der Waals surface area contributed by atoms with Crippen LogP contribution in [0.15, 0.2) is 35.1 Å². The number of phenolic OH excluding ortho intramolecular Hbond substituents is 1. The lowest BCUT2D eigenvalue weighted by atomic mass is 10.1. The molecule has 1 heterocycles. The van der Waals surface area contributed by atoms with Gasteiger partial charge in [0.25, 0.3) is 0 Å². The number of ether oxygens (including phenoxy) is 1. The lowest BCUT2D eigenvalue weighted by Gasteiger charge is -2.15. The molecule has 1 aromatic heterocycles. The second-order valence-electron chi connectivity index (χ2n) is 5.30. The highest BCUT2D eigenvalue weighted by Crippen LogP contribution is 2.28. The number of phenols is 1. The van der Waals surface area contributed by atoms with Gasteiger partial charge in [0.2, 0.25) is 5.91 Å². The SMILES string of the molecule is COC(=O)c1cccc(NC(=O)Cn2c(C)cc(=O)cc2C)c1O. The number of aromatic hydroxyl groups is 1. The van der Waals surface area contributed by atoms with Gasteiger partial charge in [0.15, 0.2) is 11.2 Å². The van der Waals surface area contributed by atoms with E-state index in [0.717, 1.165) is 0 Å². The van der Waals surface area contributed by atoms with Crippen molar-refractivity contribution in [1.82, 2.24) is 4.57 Å². The van der Waals surface area contributed by atoms with E-state index in [1.54, 1.807) is 18.4 Å². The number of pyridine rings is 1. The van der Waals surface area contributed by atoms with Crippen LogP contribution in [0.3, 0.4) is 0 Å². The molecule has 2 rings (SSSR count). The minimum absolute atomic E-state index is 0.0279. The van der Waals surface area contributed by atoms with Crippen molar-refractivity contribution in [2.45, 2.75) is 20.4 Å². The molecule has 0 atom stereocenters. The van der Waals surface area contributed by atoms with Gasteiger partial charge in [-0.05, 0) is 26.0 Å². The Labute approximate surface area is 138 Å². The minimum atomic E-state index is -0.698. The highest BCUT2D eigenvalue weighted by Gasteiger charge is 2.16. The fourth-order valence-corrected chi connectivity index (χ4v) is 2.39. The first-order valence-corrected chi connectivity index (χ1v) is 7.21. The summed E-state index contributed by atoms with van der Waals surface area (Å²) < 4.78 is 6.25. The molecular formula is C17H18N2O5. The van der Waals surface area contributed by atoms with Crippen LogP contribution >= 0.6 is 0 Å². The molecule has 126 valence electrons. The number of anilines is 1. The quantitative estimate of drug-likeness (QED) is 0.655. The Hall–Kier alpha value is -3.09. The number of amides is 1. The van der Waals surface area contributed by atoms with E-state index in [-0.39, 0.29) is 29.0 Å². The van der Waals surface area contributed by atoms with E-state index in [1.165, 1.54) is 37.4 Å². The van der Waals surface area contributed by atoms with Crippen LogP contribution in [-0.2, 0) is 16.1 Å². The summed E-state index contributed by atoms with van der Waals surface area (Å²) in [4.78, 5) is 35.2. The molecule has 0 spiro atoms. The van der Waals surface area contributed by atoms with Crippen LogP contribution < -0.4 is 10.7 Å². The molecule has 0 aliphatic carbocycles. The standard InChI is InChI=1S/C17H18N2O5/c1-10-7-12(20)8-11(2)19(10)9-15(21)18-14-6-4-5-13(16(14)22)17(23)24-3/h4-8,22H,9H2,1-3H3,(H,18,21). The predicted molar refractivity (Wildman–Crippen MR) is 88.3 cm³/mol. The average Bonchev–Trinajstić information content (AvgIpc) is 2.52. The lowest BCUT2D eigenvalue weighted by molar-refractivity contribution is -0.116. The van der Waals surface area contributed by atoms with Gasteiger partial charge >= 0.3 is 5.97 Å². The number of para-hydroxylation sites is 1. The first-order valence-electron chi connectivity index (χ1n) is 7.21. The van der Waals surface area contributed by atoms with E-state index in [9.17, 15) is 19.5 Å². The molecule has 0 saturated carbocycles. The number of nitrogens with one attached hydrogen (secondary N) is 1. The van der Waals surface area contributed by atoms with Crippen molar-refractivity contribution >= 4 is 17.6 Å². The molecule has 1 aromatic carbocycles. The Bertz CT molecular complexity index is 828. The third-order valence-corrected chi connectivity index (χ3v) is 3.57. The van der Waals surface area contributed by atoms with Crippen LogP contribution in [0.1, 0.15) is 21.7 Å². The molecule has 7 heteroatoms. The van der Waals surface area contributed by atoms with Crippen LogP contribution in [-0.4, -0.2) is 28.7 Å². The first-order chi connectivity index (χ1) is 11.3. The summed E-state index contributed by atoms with van der Waals surface area (Å²) in [6, 6.07) is 7.28. The molecule has 1 amide bonds. The third-order valence-electron chi connectivity index (χ3n) is 3.57. The number of aromatic nitrogens is 1. The van der Waals surface area contributed by atoms with E-state index in [4.69, 9.17) is 0 Å². The molecule has 0 aliphatic rings. The highest BCUT2D eigenvalue weighted by molar-refractivity contribution is 5.98. The maximum Gasteiger partial charge on any atom is 0.341 e. The lowest BCUT2D eigenvalue weighted by Crippen LogP contribution is -2.23. The van der Waals surface area contributed by atoms with Crippen LogP contribution in [0.4, 0.5) is 5.69 Å². The number of methoxy groups -OCH3 is 1. The van der Waals surface area contributed by atoms with Crippen molar-refractivity contribution in [3.63, 3.8) is 0 Å². The van der Waals surface area contributed by atoms with Crippen molar-refractivity contribution in [3.8, 4) is 5.75 Å². The summed E-state index contributed by atoms with van der Waals surface area (Å²) in [5.74, 6) is -1.45. The molecule has 0 bridgehead atoms. The van der Waals surface area contributed by atoms with E-state index < -0.39 is 11.9 Å². The Kier molecular flexibility index (Phi) is 5.03. The van der Waals surface area contributed by atoms with Crippen molar-refractivity contribution < 1.29 is 19.4 Å². The van der Waals surface area contributed by atoms with Crippen molar-refractivity contribution in [2.24, 2.45) is 0 Å². The zero-order valence-electron chi connectivity index (χ0n) is 13.6. The van der Waals surface area contributed by atoms with Crippen LogP contribution in [0.2, 0.25) is 0 Å². The molecular weight excluding hydrogens is 312 g/mol. The number of hydrogen-bond acceptors (Lipinski definition) is 5. The number of nitrogens with zero attached hydrogens (tertiary/aromatic N) is 1. The van der Waals surface area contributed by atoms with E-state index in [2.05, 4.69) is 10.1 Å². The molecule has 24 heavy (non-hydrogen) atoms. The van der Waals surface area contributed by atoms with Gasteiger partial charge in [0.1, 0.15) is 12.1 Å². The third kappa shape index (κ3) is 3.62. The van der Waals surface area contributed by atoms with Crippen LogP contribution in [0, 0.1) is 13.8 Å². The number of rotatable bonds is 4. The Morgan fingerprint density at radius 2 is 1.83 bits per heavy atom. The predicted octanol–water partition coefficient (Wildman–Crippen LogP) is 1.60. The maximum atomic E-state index is 12.2. The summed E-state index contributed by atoms with van der Waals surface area (Å²) in [5, 5.41) is 12.6. The first kappa shape index (κ1) is 17.3. The molecule has 0 unspecified atom stereocenters. The molecule has 0 radical (unpaired) electrons. The topological polar surface area (TPSA) is 97.6 Å². The second kappa shape index (κ2) is 6.99. The van der Waals surface area contributed by atoms with Gasteiger partial charge in [-0.15, -0.1) is 0 Å². The molecule has 0 saturated heterocycles. The summed E-state index contributed by atoms with van der Waals surface area (Å²) >= 11 is 0. The van der Waals surface area contributed by atoms with Gasteiger partial charge in [0, 0.05) is 23.5 Å². The largest absolute Gasteiger partial charge is 0.505 e. The fraction of sp³-hybridized carbons (Fsp3) is 0.235. The maximum absolute atomic E-state index is 12.2. The number of esters is 1. The Morgan fingerprint density at radius 3 is 2.42 bits per heavy atom. The molecule has 0 fully saturated rings. The van der Waals surface area contributed by atoms with Gasteiger partial charge in [-0.1, -0.05) is 6.07 Å². The smallest absolute Gasteiger partial charge is 0.341 e. The fourth-order valence-electron chi connectivity index (χ4n) is 2.39. The van der Waals surface area contributed by atoms with Gasteiger partial charge in [-0.3, -0.25) is 9.59 Å². The van der Waals surface area contributed by atoms with Gasteiger partial charge in [-0.25, -0.2) is 4.79 Å². The zero-order chi connectivity index (χ0) is 17.9. The summed E-state index contributed by atoms with van der Waals surface area (Å²) in [7, 11) is 1.20. The van der Waals surface area contributed by atoms with Gasteiger partial charge in [-0.2, -0.15) is 0 Å². The number of aryl methyl sites for hydroxylation is 2. The van der Waals surface area contributed by atoms with E-state index >= 15 is 0 Å². The molecule has 0 aliphatic heterocycles. The normalized spacial score (nSPS) is 10.3. The summed E-state index contributed by atoms with van der Waals surface area (Å²) in [6.07, 6.45) is 0. The molecule has 7 nitrogen and oxygen atoms in total. The van der Waals surface area contributed by atoms with Gasteiger partial charge < -0.3 is 19.7 Å². The number of carbonyl (C=O) groups is 2. The minimum Gasteiger partial charge on any atom is -0.505 e. The van der Waals surface area contributed by atoms with E-state index in [1.807, 2.05) is 0 Å². The number of carbonyl (C=O) groups excluding carboxylic acids is 2. The Morgan fingerprint density at radius 1 is 1.21 bits per heavy atom. The zero-order valence-corrected chi connectivity index (χ0v) is 13.6. The highest BCUT2D eigenvalue weighted by atomic mass is 16.5. The monoisotopic (exact) mass is 330 g/mol.